The molecule has 0 bridgehead atoms. The smallest absolute Gasteiger partial charge is 0.340 e. The van der Waals surface area contributed by atoms with Gasteiger partial charge in [0.2, 0.25) is 11.7 Å². The summed E-state index contributed by atoms with van der Waals surface area (Å²) < 4.78 is 17.9. The van der Waals surface area contributed by atoms with Crippen molar-refractivity contribution < 1.29 is 28.6 Å². The molecular weight excluding hydrogens is 665 g/mol. The first-order valence-corrected chi connectivity index (χ1v) is 19.7. The molecule has 4 unspecified atom stereocenters. The van der Waals surface area contributed by atoms with E-state index in [0.717, 1.165) is 69.2 Å². The van der Waals surface area contributed by atoms with Gasteiger partial charge in [0.1, 0.15) is 17.8 Å². The van der Waals surface area contributed by atoms with E-state index in [1.165, 1.54) is 16.8 Å². The van der Waals surface area contributed by atoms with Gasteiger partial charge in [-0.15, -0.1) is 0 Å². The molecule has 0 amide bonds. The monoisotopic (exact) mass is 716 g/mol. The first-order valence-electron chi connectivity index (χ1n) is 19.7. The van der Waals surface area contributed by atoms with Crippen LogP contribution in [-0.2, 0) is 38.3 Å². The summed E-state index contributed by atoms with van der Waals surface area (Å²) in [5, 5.41) is 0. The normalized spacial score (nSPS) is 23.9. The highest BCUT2D eigenvalue weighted by molar-refractivity contribution is 6.17. The second kappa shape index (κ2) is 16.1. The van der Waals surface area contributed by atoms with Crippen LogP contribution in [0.25, 0.3) is 6.08 Å². The zero-order valence-corrected chi connectivity index (χ0v) is 31.6. The van der Waals surface area contributed by atoms with Crippen molar-refractivity contribution in [2.75, 3.05) is 18.0 Å². The lowest BCUT2D eigenvalue weighted by molar-refractivity contribution is -0.134. The van der Waals surface area contributed by atoms with Crippen molar-refractivity contribution in [1.29, 1.82) is 0 Å². The molecule has 1 aliphatic carbocycles. The number of ketones is 1. The van der Waals surface area contributed by atoms with Crippen LogP contribution in [0.1, 0.15) is 105 Å². The molecule has 0 N–H and O–H groups in total. The standard InChI is InChI=1S/C45H52N2O6/c1-5-41(48)51-35-19-15-30(16-20-35)17-21-37-43(49)40(26-31-24-33-10-8-22-47-23-9-11-34(25-31)42(33)47)52-44(37)46-38-13-7-6-12-36(38)45(50)53-39-27-32(28(2)3)18-14-29(39)4/h6-7,12-13,15-16,19-20,24-26,28-29,32,37,39H,5,8-11,14,17-18,21-23,27H2,1-4H3/b40-26+,46-44-. The number of hydrogen-bond donors (Lipinski definition) is 0. The van der Waals surface area contributed by atoms with Gasteiger partial charge >= 0.3 is 11.9 Å². The molecule has 3 heterocycles. The van der Waals surface area contributed by atoms with Crippen molar-refractivity contribution >= 4 is 41.1 Å². The quantitative estimate of drug-likeness (QED) is 0.117. The van der Waals surface area contributed by atoms with Gasteiger partial charge in [0.25, 0.3) is 0 Å². The summed E-state index contributed by atoms with van der Waals surface area (Å²) in [6, 6.07) is 19.0. The topological polar surface area (TPSA) is 94.5 Å². The third-order valence-electron chi connectivity index (χ3n) is 11.6. The number of Topliss-reactive ketones (excluding diaryl/α,β-unsaturated/α-hetero) is 1. The predicted molar refractivity (Wildman–Crippen MR) is 208 cm³/mol. The van der Waals surface area contributed by atoms with Crippen molar-refractivity contribution in [2.45, 2.75) is 98.0 Å². The van der Waals surface area contributed by atoms with E-state index in [9.17, 15) is 14.4 Å². The minimum absolute atomic E-state index is 0.124. The summed E-state index contributed by atoms with van der Waals surface area (Å²) in [6.45, 7) is 10.6. The van der Waals surface area contributed by atoms with E-state index in [2.05, 4.69) is 37.8 Å². The maximum atomic E-state index is 14.2. The average molecular weight is 717 g/mol. The lowest BCUT2D eigenvalue weighted by atomic mass is 9.76. The van der Waals surface area contributed by atoms with Crippen molar-refractivity contribution in [1.82, 2.24) is 0 Å². The molecule has 53 heavy (non-hydrogen) atoms. The Balaban J connectivity index is 1.17. The molecule has 3 aromatic carbocycles. The summed E-state index contributed by atoms with van der Waals surface area (Å²) in [5.41, 5.74) is 6.80. The number of esters is 2. The lowest BCUT2D eigenvalue weighted by Crippen LogP contribution is -2.34. The molecule has 3 aromatic rings. The van der Waals surface area contributed by atoms with E-state index in [4.69, 9.17) is 19.2 Å². The molecule has 1 saturated carbocycles. The van der Waals surface area contributed by atoms with Gasteiger partial charge in [-0.2, -0.15) is 0 Å². The predicted octanol–water partition coefficient (Wildman–Crippen LogP) is 9.24. The van der Waals surface area contributed by atoms with Crippen LogP contribution in [-0.4, -0.2) is 42.8 Å². The molecule has 0 spiro atoms. The van der Waals surface area contributed by atoms with Crippen LogP contribution in [0.5, 0.6) is 5.75 Å². The number of para-hydroxylation sites is 1. The molecule has 8 heteroatoms. The highest BCUT2D eigenvalue weighted by Gasteiger charge is 2.39. The number of carbonyl (C=O) groups excluding carboxylic acids is 3. The van der Waals surface area contributed by atoms with E-state index < -0.39 is 11.9 Å². The molecule has 1 saturated heterocycles. The van der Waals surface area contributed by atoms with Gasteiger partial charge in [0.15, 0.2) is 5.76 Å². The first-order chi connectivity index (χ1) is 25.7. The number of hydrogen-bond acceptors (Lipinski definition) is 8. The zero-order valence-electron chi connectivity index (χ0n) is 31.6. The Morgan fingerprint density at radius 3 is 2.42 bits per heavy atom. The molecule has 0 radical (unpaired) electrons. The average Bonchev–Trinajstić information content (AvgIpc) is 3.44. The Morgan fingerprint density at radius 2 is 1.72 bits per heavy atom. The molecule has 278 valence electrons. The maximum Gasteiger partial charge on any atom is 0.340 e. The third-order valence-corrected chi connectivity index (χ3v) is 11.6. The number of ether oxygens (including phenoxy) is 3. The zero-order chi connectivity index (χ0) is 37.1. The second-order valence-corrected chi connectivity index (χ2v) is 15.6. The van der Waals surface area contributed by atoms with Gasteiger partial charge in [0.05, 0.1) is 11.3 Å². The Bertz CT molecular complexity index is 1880. The second-order valence-electron chi connectivity index (χ2n) is 15.6. The molecule has 4 atom stereocenters. The number of aliphatic imine (C=N–C) groups is 1. The number of allylic oxidation sites excluding steroid dienone is 1. The van der Waals surface area contributed by atoms with E-state index in [-0.39, 0.29) is 35.4 Å². The van der Waals surface area contributed by atoms with E-state index in [1.807, 2.05) is 30.3 Å². The Kier molecular flexibility index (Phi) is 11.1. The number of rotatable bonds is 10. The summed E-state index contributed by atoms with van der Waals surface area (Å²) >= 11 is 0. The van der Waals surface area contributed by atoms with Gasteiger partial charge < -0.3 is 19.1 Å². The number of anilines is 1. The number of benzene rings is 3. The Hall–Kier alpha value is -4.72. The van der Waals surface area contributed by atoms with Gasteiger partial charge in [0, 0.05) is 25.2 Å². The van der Waals surface area contributed by atoms with E-state index in [1.54, 1.807) is 31.2 Å². The van der Waals surface area contributed by atoms with Crippen molar-refractivity contribution in [3.05, 3.63) is 94.2 Å². The van der Waals surface area contributed by atoms with Crippen LogP contribution in [0.4, 0.5) is 11.4 Å². The van der Waals surface area contributed by atoms with E-state index >= 15 is 0 Å². The van der Waals surface area contributed by atoms with Gasteiger partial charge in [-0.25, -0.2) is 9.79 Å². The Labute approximate surface area is 313 Å². The van der Waals surface area contributed by atoms with Gasteiger partial charge in [-0.05, 0) is 140 Å². The van der Waals surface area contributed by atoms with Crippen LogP contribution < -0.4 is 9.64 Å². The van der Waals surface area contributed by atoms with Crippen LogP contribution in [0, 0.1) is 23.7 Å². The minimum atomic E-state index is -0.639. The number of aryl methyl sites for hydroxylation is 3. The van der Waals surface area contributed by atoms with E-state index in [0.29, 0.717) is 48.1 Å². The third kappa shape index (κ3) is 8.27. The first kappa shape index (κ1) is 36.6. The Morgan fingerprint density at radius 1 is 1.00 bits per heavy atom. The van der Waals surface area contributed by atoms with Crippen molar-refractivity contribution in [3.63, 3.8) is 0 Å². The number of nitrogens with zero attached hydrogens (tertiary/aromatic N) is 2. The van der Waals surface area contributed by atoms with Crippen molar-refractivity contribution in [2.24, 2.45) is 28.7 Å². The molecule has 7 rings (SSSR count). The molecule has 2 fully saturated rings. The maximum absolute atomic E-state index is 14.2. The number of carbonyl (C=O) groups is 3. The van der Waals surface area contributed by atoms with Crippen LogP contribution in [0.2, 0.25) is 0 Å². The molecule has 4 aliphatic rings. The van der Waals surface area contributed by atoms with Crippen molar-refractivity contribution in [3.8, 4) is 5.75 Å². The SMILES string of the molecule is CCC(=O)Oc1ccc(CCC2C(=O)/C(=C\c3cc4c5c(c3)CCCN5CCC4)O/C2=N\c2ccccc2C(=O)OC2CC(C(C)C)CCC2C)cc1. The summed E-state index contributed by atoms with van der Waals surface area (Å²) in [6.07, 6.45) is 10.4. The summed E-state index contributed by atoms with van der Waals surface area (Å²) in [4.78, 5) is 47.2. The van der Waals surface area contributed by atoms with Gasteiger partial charge in [-0.1, -0.05) is 52.0 Å². The molecule has 0 aromatic heterocycles. The fourth-order valence-electron chi connectivity index (χ4n) is 8.42. The lowest BCUT2D eigenvalue weighted by Gasteiger charge is -2.37. The molecule has 3 aliphatic heterocycles. The molecular formula is C45H52N2O6. The molecule has 8 nitrogen and oxygen atoms in total. The minimum Gasteiger partial charge on any atom is -0.458 e. The summed E-state index contributed by atoms with van der Waals surface area (Å²) in [5.74, 6) is 0.941. The fourth-order valence-corrected chi connectivity index (χ4v) is 8.42. The summed E-state index contributed by atoms with van der Waals surface area (Å²) in [7, 11) is 0. The largest absolute Gasteiger partial charge is 0.458 e. The van der Waals surface area contributed by atoms with Crippen LogP contribution in [0.3, 0.4) is 0 Å². The van der Waals surface area contributed by atoms with Crippen LogP contribution in [0.15, 0.2) is 71.4 Å². The van der Waals surface area contributed by atoms with Gasteiger partial charge in [-0.3, -0.25) is 9.59 Å². The van der Waals surface area contributed by atoms with Crippen LogP contribution >= 0.6 is 0 Å². The highest BCUT2D eigenvalue weighted by Crippen LogP contribution is 2.39. The fraction of sp³-hybridized carbons (Fsp3) is 0.467. The highest BCUT2D eigenvalue weighted by atomic mass is 16.5.